The Morgan fingerprint density at radius 2 is 2.15 bits per heavy atom. The number of benzene rings is 1. The summed E-state index contributed by atoms with van der Waals surface area (Å²) in [6.07, 6.45) is 1.13. The lowest BCUT2D eigenvalue weighted by Crippen LogP contribution is -2.17. The van der Waals surface area contributed by atoms with Gasteiger partial charge >= 0.3 is 7.48 Å². The molecule has 1 aromatic carbocycles. The Balaban J connectivity index is 3.06. The van der Waals surface area contributed by atoms with Crippen molar-refractivity contribution < 1.29 is 18.5 Å². The second-order valence-corrected chi connectivity index (χ2v) is 4.71. The highest BCUT2D eigenvalue weighted by atomic mass is 32.2. The minimum Gasteiger partial charge on any atom is -0.306 e. The van der Waals surface area contributed by atoms with Gasteiger partial charge in [0.2, 0.25) is 0 Å². The van der Waals surface area contributed by atoms with Crippen LogP contribution in [0.25, 0.3) is 0 Å². The SMILES string of the molecule is CS(=O)(=O)c1cccc(BOO)c1. The van der Waals surface area contributed by atoms with Gasteiger partial charge in [-0.15, -0.1) is 0 Å². The molecule has 0 aromatic heterocycles. The van der Waals surface area contributed by atoms with E-state index in [0.29, 0.717) is 5.46 Å². The fraction of sp³-hybridized carbons (Fsp3) is 0.143. The van der Waals surface area contributed by atoms with Crippen LogP contribution in [0.1, 0.15) is 0 Å². The summed E-state index contributed by atoms with van der Waals surface area (Å²) >= 11 is 0. The Morgan fingerprint density at radius 1 is 1.46 bits per heavy atom. The van der Waals surface area contributed by atoms with Crippen molar-refractivity contribution >= 4 is 22.8 Å². The Labute approximate surface area is 77.3 Å². The summed E-state index contributed by atoms with van der Waals surface area (Å²) in [5.41, 5.74) is 0.616. The quantitative estimate of drug-likeness (QED) is 0.408. The number of sulfone groups is 1. The van der Waals surface area contributed by atoms with E-state index < -0.39 is 9.84 Å². The normalized spacial score (nSPS) is 11.2. The molecule has 4 nitrogen and oxygen atoms in total. The summed E-state index contributed by atoms with van der Waals surface area (Å²) in [6, 6.07) is 6.23. The summed E-state index contributed by atoms with van der Waals surface area (Å²) in [6.45, 7) is 0. The van der Waals surface area contributed by atoms with Crippen molar-refractivity contribution in [2.45, 2.75) is 4.90 Å². The van der Waals surface area contributed by atoms with Crippen LogP contribution in [0.4, 0.5) is 0 Å². The van der Waals surface area contributed by atoms with Crippen molar-refractivity contribution in [1.82, 2.24) is 0 Å². The zero-order valence-corrected chi connectivity index (χ0v) is 7.91. The standard InChI is InChI=1S/C7H9BO4S/c1-13(10,11)7-4-2-3-6(5-7)8-12-9/h2-5,8-9H,1H3. The van der Waals surface area contributed by atoms with Gasteiger partial charge in [-0.05, 0) is 17.6 Å². The van der Waals surface area contributed by atoms with Gasteiger partial charge in [0.25, 0.3) is 0 Å². The molecule has 0 fully saturated rings. The van der Waals surface area contributed by atoms with E-state index >= 15 is 0 Å². The van der Waals surface area contributed by atoms with Crippen molar-refractivity contribution in [2.24, 2.45) is 0 Å². The van der Waals surface area contributed by atoms with Crippen LogP contribution in [-0.4, -0.2) is 27.4 Å². The maximum Gasteiger partial charge on any atom is 0.355 e. The minimum atomic E-state index is -3.18. The molecular weight excluding hydrogens is 191 g/mol. The first-order chi connectivity index (χ1) is 6.04. The van der Waals surface area contributed by atoms with Crippen molar-refractivity contribution in [3.05, 3.63) is 24.3 Å². The van der Waals surface area contributed by atoms with E-state index in [1.807, 2.05) is 0 Å². The Kier molecular flexibility index (Phi) is 3.08. The zero-order valence-electron chi connectivity index (χ0n) is 7.10. The summed E-state index contributed by atoms with van der Waals surface area (Å²) in [7, 11) is -3.19. The topological polar surface area (TPSA) is 63.6 Å². The number of hydrogen-bond donors (Lipinski definition) is 1. The van der Waals surface area contributed by atoms with Gasteiger partial charge < -0.3 is 4.81 Å². The average molecular weight is 200 g/mol. The molecule has 0 spiro atoms. The molecule has 1 aromatic rings. The van der Waals surface area contributed by atoms with Crippen LogP contribution in [0.5, 0.6) is 0 Å². The molecule has 0 unspecified atom stereocenters. The maximum absolute atomic E-state index is 11.1. The summed E-state index contributed by atoms with van der Waals surface area (Å²) in [5.74, 6) is 0. The second kappa shape index (κ2) is 3.91. The van der Waals surface area contributed by atoms with E-state index in [1.54, 1.807) is 12.1 Å². The minimum absolute atomic E-state index is 0.0106. The first-order valence-electron chi connectivity index (χ1n) is 3.59. The van der Waals surface area contributed by atoms with E-state index in [1.165, 1.54) is 12.1 Å². The van der Waals surface area contributed by atoms with Crippen LogP contribution in [0.3, 0.4) is 0 Å². The van der Waals surface area contributed by atoms with Gasteiger partial charge in [-0.1, -0.05) is 12.1 Å². The molecule has 6 heteroatoms. The molecule has 13 heavy (non-hydrogen) atoms. The highest BCUT2D eigenvalue weighted by Crippen LogP contribution is 2.04. The molecule has 0 heterocycles. The largest absolute Gasteiger partial charge is 0.355 e. The maximum atomic E-state index is 11.1. The van der Waals surface area contributed by atoms with Crippen LogP contribution < -0.4 is 5.46 Å². The van der Waals surface area contributed by atoms with Gasteiger partial charge in [-0.25, -0.2) is 8.42 Å². The molecule has 0 radical (unpaired) electrons. The van der Waals surface area contributed by atoms with E-state index in [0.717, 1.165) is 6.26 Å². The predicted molar refractivity (Wildman–Crippen MR) is 50.0 cm³/mol. The number of hydrogen-bond acceptors (Lipinski definition) is 4. The summed E-state index contributed by atoms with van der Waals surface area (Å²) in [5, 5.41) is 8.16. The lowest BCUT2D eigenvalue weighted by atomic mass is 9.89. The fourth-order valence-corrected chi connectivity index (χ4v) is 1.63. The molecule has 0 aliphatic carbocycles. The summed E-state index contributed by atoms with van der Waals surface area (Å²) in [4.78, 5) is 4.12. The molecule has 0 saturated carbocycles. The van der Waals surface area contributed by atoms with Crippen LogP contribution in [0.15, 0.2) is 29.2 Å². The molecule has 0 aliphatic rings. The highest BCUT2D eigenvalue weighted by molar-refractivity contribution is 7.90. The van der Waals surface area contributed by atoms with Gasteiger partial charge in [-0.3, -0.25) is 5.26 Å². The smallest absolute Gasteiger partial charge is 0.306 e. The van der Waals surface area contributed by atoms with Crippen molar-refractivity contribution in [3.63, 3.8) is 0 Å². The monoisotopic (exact) mass is 200 g/mol. The Bertz CT molecular complexity index is 387. The van der Waals surface area contributed by atoms with Gasteiger partial charge in [0.05, 0.1) is 4.90 Å². The molecule has 1 rings (SSSR count). The van der Waals surface area contributed by atoms with Gasteiger partial charge in [0.15, 0.2) is 9.84 Å². The predicted octanol–water partition coefficient (Wildman–Crippen LogP) is -0.443. The molecule has 0 bridgehead atoms. The van der Waals surface area contributed by atoms with E-state index in [2.05, 4.69) is 4.81 Å². The van der Waals surface area contributed by atoms with Gasteiger partial charge in [0, 0.05) is 6.26 Å². The third-order valence-electron chi connectivity index (χ3n) is 1.56. The highest BCUT2D eigenvalue weighted by Gasteiger charge is 2.07. The molecule has 1 N–H and O–H groups in total. The lowest BCUT2D eigenvalue weighted by Gasteiger charge is -2.00. The zero-order chi connectivity index (χ0) is 9.90. The van der Waals surface area contributed by atoms with Crippen LogP contribution in [0, 0.1) is 0 Å². The first-order valence-corrected chi connectivity index (χ1v) is 5.48. The average Bonchev–Trinajstić information content (AvgIpc) is 2.04. The lowest BCUT2D eigenvalue weighted by molar-refractivity contribution is -0.135. The number of rotatable bonds is 3. The van der Waals surface area contributed by atoms with Crippen LogP contribution >= 0.6 is 0 Å². The Hall–Kier alpha value is -0.845. The molecule has 0 amide bonds. The molecule has 0 atom stereocenters. The van der Waals surface area contributed by atoms with E-state index in [9.17, 15) is 8.42 Å². The molecule has 0 saturated heterocycles. The van der Waals surface area contributed by atoms with Crippen LogP contribution in [0.2, 0.25) is 0 Å². The van der Waals surface area contributed by atoms with Crippen LogP contribution in [-0.2, 0) is 14.6 Å². The van der Waals surface area contributed by atoms with Crippen molar-refractivity contribution in [3.8, 4) is 0 Å². The summed E-state index contributed by atoms with van der Waals surface area (Å²) < 4.78 is 22.2. The van der Waals surface area contributed by atoms with Gasteiger partial charge in [0.1, 0.15) is 0 Å². The van der Waals surface area contributed by atoms with E-state index in [4.69, 9.17) is 5.26 Å². The van der Waals surface area contributed by atoms with Crippen molar-refractivity contribution in [2.75, 3.05) is 6.26 Å². The van der Waals surface area contributed by atoms with Gasteiger partial charge in [-0.2, -0.15) is 0 Å². The molecular formula is C7H9BO4S. The van der Waals surface area contributed by atoms with Crippen molar-refractivity contribution in [1.29, 1.82) is 0 Å². The first kappa shape index (κ1) is 10.2. The third-order valence-corrected chi connectivity index (χ3v) is 2.67. The fourth-order valence-electron chi connectivity index (χ4n) is 0.940. The van der Waals surface area contributed by atoms with E-state index in [-0.39, 0.29) is 12.4 Å². The third kappa shape index (κ3) is 2.84. The molecule has 0 aliphatic heterocycles. The second-order valence-electron chi connectivity index (χ2n) is 2.69. The molecule has 70 valence electrons. The Morgan fingerprint density at radius 3 is 2.69 bits per heavy atom.